The van der Waals surface area contributed by atoms with Crippen molar-refractivity contribution in [2.75, 3.05) is 26.7 Å². The van der Waals surface area contributed by atoms with Crippen molar-refractivity contribution < 1.29 is 4.74 Å². The maximum absolute atomic E-state index is 5.90. The first-order valence-electron chi connectivity index (χ1n) is 9.20. The molecule has 5 atom stereocenters. The van der Waals surface area contributed by atoms with Crippen LogP contribution in [0.5, 0.6) is 0 Å². The molecule has 3 rings (SSSR count). The number of nitrogens with one attached hydrogen (secondary N) is 2. The van der Waals surface area contributed by atoms with Crippen LogP contribution >= 0.6 is 24.0 Å². The van der Waals surface area contributed by atoms with Crippen molar-refractivity contribution in [3.63, 3.8) is 0 Å². The molecule has 5 nitrogen and oxygen atoms in total. The molecule has 1 saturated carbocycles. The topological polar surface area (TPSA) is 48.9 Å². The van der Waals surface area contributed by atoms with Gasteiger partial charge in [-0.1, -0.05) is 20.8 Å². The molecule has 6 heteroatoms. The van der Waals surface area contributed by atoms with Crippen LogP contribution in [0.1, 0.15) is 41.0 Å². The summed E-state index contributed by atoms with van der Waals surface area (Å²) < 4.78 is 5.90. The highest BCUT2D eigenvalue weighted by Crippen LogP contribution is 2.52. The summed E-state index contributed by atoms with van der Waals surface area (Å²) in [6, 6.07) is 1.54. The lowest BCUT2D eigenvalue weighted by molar-refractivity contribution is -0.106. The van der Waals surface area contributed by atoms with Gasteiger partial charge in [-0.2, -0.15) is 0 Å². The normalized spacial score (nSPS) is 38.5. The Labute approximate surface area is 164 Å². The number of fused-ring (bicyclic) bond motifs is 1. The van der Waals surface area contributed by atoms with Crippen LogP contribution in [-0.2, 0) is 4.74 Å². The highest BCUT2D eigenvalue weighted by molar-refractivity contribution is 14.0. The van der Waals surface area contributed by atoms with Crippen LogP contribution in [0.4, 0.5) is 0 Å². The third kappa shape index (κ3) is 3.56. The molecule has 0 aromatic heterocycles. The molecule has 0 aromatic carbocycles. The fourth-order valence-corrected chi connectivity index (χ4v) is 4.72. The molecular formula is C18H35IN4O. The van der Waals surface area contributed by atoms with Gasteiger partial charge in [0, 0.05) is 56.2 Å². The SMILES string of the molecule is CN=C(NC1CN(C(C)C)CC1C)NC1C2CCOC2C1(C)C.I. The molecular weight excluding hydrogens is 415 g/mol. The van der Waals surface area contributed by atoms with E-state index < -0.39 is 0 Å². The lowest BCUT2D eigenvalue weighted by atomic mass is 9.57. The Balaban J connectivity index is 0.00000208. The van der Waals surface area contributed by atoms with Crippen LogP contribution in [0, 0.1) is 17.3 Å². The van der Waals surface area contributed by atoms with Gasteiger partial charge in [0.05, 0.1) is 6.10 Å². The maximum atomic E-state index is 5.90. The van der Waals surface area contributed by atoms with E-state index in [2.05, 4.69) is 55.1 Å². The number of hydrogen-bond donors (Lipinski definition) is 2. The standard InChI is InChI=1S/C18H34N4O.HI/c1-11(2)22-9-12(3)14(10-22)20-17(19-6)21-15-13-7-8-23-16(13)18(15,4)5;/h11-16H,7-10H2,1-6H3,(H2,19,20,21);1H. The van der Waals surface area contributed by atoms with E-state index in [1.54, 1.807) is 0 Å². The summed E-state index contributed by atoms with van der Waals surface area (Å²) in [6.07, 6.45) is 1.59. The highest BCUT2D eigenvalue weighted by atomic mass is 127. The van der Waals surface area contributed by atoms with Crippen LogP contribution in [0.2, 0.25) is 0 Å². The monoisotopic (exact) mass is 450 g/mol. The van der Waals surface area contributed by atoms with Gasteiger partial charge in [0.1, 0.15) is 0 Å². The van der Waals surface area contributed by atoms with Gasteiger partial charge >= 0.3 is 0 Å². The zero-order valence-corrected chi connectivity index (χ0v) is 18.3. The zero-order chi connectivity index (χ0) is 16.8. The summed E-state index contributed by atoms with van der Waals surface area (Å²) >= 11 is 0. The van der Waals surface area contributed by atoms with Gasteiger partial charge in [0.2, 0.25) is 0 Å². The van der Waals surface area contributed by atoms with Gasteiger partial charge in [0.25, 0.3) is 0 Å². The average Bonchev–Trinajstić information content (AvgIpc) is 3.09. The molecule has 0 radical (unpaired) electrons. The second-order valence-corrected chi connectivity index (χ2v) is 8.54. The second-order valence-electron chi connectivity index (χ2n) is 8.54. The van der Waals surface area contributed by atoms with E-state index in [1.165, 1.54) is 13.0 Å². The molecule has 0 amide bonds. The van der Waals surface area contributed by atoms with E-state index in [9.17, 15) is 0 Å². The minimum Gasteiger partial charge on any atom is -0.377 e. The maximum Gasteiger partial charge on any atom is 0.191 e. The van der Waals surface area contributed by atoms with Crippen molar-refractivity contribution in [3.8, 4) is 0 Å². The van der Waals surface area contributed by atoms with Gasteiger partial charge in [-0.15, -0.1) is 24.0 Å². The fourth-order valence-electron chi connectivity index (χ4n) is 4.72. The van der Waals surface area contributed by atoms with Crippen molar-refractivity contribution in [1.82, 2.24) is 15.5 Å². The van der Waals surface area contributed by atoms with Crippen molar-refractivity contribution >= 4 is 29.9 Å². The quantitative estimate of drug-likeness (QED) is 0.394. The Bertz CT molecular complexity index is 468. The van der Waals surface area contributed by atoms with Crippen LogP contribution in [0.25, 0.3) is 0 Å². The van der Waals surface area contributed by atoms with E-state index in [-0.39, 0.29) is 29.4 Å². The molecule has 5 unspecified atom stereocenters. The largest absolute Gasteiger partial charge is 0.377 e. The molecule has 140 valence electrons. The van der Waals surface area contributed by atoms with Gasteiger partial charge in [-0.25, -0.2) is 0 Å². The van der Waals surface area contributed by atoms with Crippen LogP contribution < -0.4 is 10.6 Å². The number of hydrogen-bond acceptors (Lipinski definition) is 3. The van der Waals surface area contributed by atoms with E-state index in [1.807, 2.05) is 7.05 Å². The Morgan fingerprint density at radius 2 is 1.96 bits per heavy atom. The first-order valence-corrected chi connectivity index (χ1v) is 9.20. The average molecular weight is 450 g/mol. The smallest absolute Gasteiger partial charge is 0.191 e. The molecule has 0 aromatic rings. The van der Waals surface area contributed by atoms with Crippen molar-refractivity contribution in [2.45, 2.75) is 65.3 Å². The van der Waals surface area contributed by atoms with Crippen molar-refractivity contribution in [1.29, 1.82) is 0 Å². The molecule has 2 heterocycles. The number of likely N-dealkylation sites (tertiary alicyclic amines) is 1. The van der Waals surface area contributed by atoms with Crippen LogP contribution in [0.15, 0.2) is 4.99 Å². The lowest BCUT2D eigenvalue weighted by Crippen LogP contribution is -2.68. The highest BCUT2D eigenvalue weighted by Gasteiger charge is 2.59. The third-order valence-corrected chi connectivity index (χ3v) is 6.31. The van der Waals surface area contributed by atoms with Crippen LogP contribution in [-0.4, -0.2) is 61.8 Å². The summed E-state index contributed by atoms with van der Waals surface area (Å²) in [6.45, 7) is 14.7. The minimum absolute atomic E-state index is 0. The Hall–Kier alpha value is -0.0800. The molecule has 3 fully saturated rings. The Morgan fingerprint density at radius 1 is 1.25 bits per heavy atom. The van der Waals surface area contributed by atoms with Gasteiger partial charge in [-0.3, -0.25) is 9.89 Å². The predicted octanol–water partition coefficient (Wildman–Crippen LogP) is 2.31. The summed E-state index contributed by atoms with van der Waals surface area (Å²) in [5.41, 5.74) is 0.185. The van der Waals surface area contributed by atoms with Gasteiger partial charge in [0.15, 0.2) is 5.96 Å². The molecule has 24 heavy (non-hydrogen) atoms. The number of rotatable bonds is 3. The summed E-state index contributed by atoms with van der Waals surface area (Å²) in [5, 5.41) is 7.37. The zero-order valence-electron chi connectivity index (χ0n) is 16.0. The predicted molar refractivity (Wildman–Crippen MR) is 110 cm³/mol. The molecule has 3 aliphatic rings. The van der Waals surface area contributed by atoms with E-state index in [0.29, 0.717) is 36.1 Å². The minimum atomic E-state index is 0. The second kappa shape index (κ2) is 7.66. The molecule has 2 aliphatic heterocycles. The third-order valence-electron chi connectivity index (χ3n) is 6.31. The lowest BCUT2D eigenvalue weighted by Gasteiger charge is -2.55. The molecule has 0 spiro atoms. The van der Waals surface area contributed by atoms with E-state index >= 15 is 0 Å². The molecule has 0 bridgehead atoms. The first kappa shape index (κ1) is 20.2. The van der Waals surface area contributed by atoms with Crippen molar-refractivity contribution in [2.24, 2.45) is 22.2 Å². The molecule has 2 saturated heterocycles. The fraction of sp³-hybridized carbons (Fsp3) is 0.944. The molecule has 2 N–H and O–H groups in total. The number of ether oxygens (including phenoxy) is 1. The van der Waals surface area contributed by atoms with Crippen molar-refractivity contribution in [3.05, 3.63) is 0 Å². The number of aliphatic imine (C=N–C) groups is 1. The first-order chi connectivity index (χ1) is 10.8. The Kier molecular flexibility index (Phi) is 6.46. The van der Waals surface area contributed by atoms with Gasteiger partial charge in [-0.05, 0) is 26.2 Å². The number of nitrogens with zero attached hydrogens (tertiary/aromatic N) is 2. The van der Waals surface area contributed by atoms with Gasteiger partial charge < -0.3 is 15.4 Å². The number of halogens is 1. The Morgan fingerprint density at radius 3 is 2.54 bits per heavy atom. The summed E-state index contributed by atoms with van der Waals surface area (Å²) in [5.74, 6) is 2.24. The molecule has 1 aliphatic carbocycles. The summed E-state index contributed by atoms with van der Waals surface area (Å²) in [4.78, 5) is 7.04. The van der Waals surface area contributed by atoms with Crippen LogP contribution in [0.3, 0.4) is 0 Å². The summed E-state index contributed by atoms with van der Waals surface area (Å²) in [7, 11) is 1.88. The number of guanidine groups is 1. The van der Waals surface area contributed by atoms with E-state index in [0.717, 1.165) is 19.1 Å². The van der Waals surface area contributed by atoms with E-state index in [4.69, 9.17) is 4.74 Å².